The molecule has 0 amide bonds. The summed E-state index contributed by atoms with van der Waals surface area (Å²) in [5.74, 6) is 5.68. The summed E-state index contributed by atoms with van der Waals surface area (Å²) in [4.78, 5) is 4.60. The monoisotopic (exact) mass is 209 g/mol. The van der Waals surface area contributed by atoms with Gasteiger partial charge in [-0.25, -0.2) is 21.7 Å². The van der Waals surface area contributed by atoms with Crippen molar-refractivity contribution >= 4 is 0 Å². The summed E-state index contributed by atoms with van der Waals surface area (Å²) in [6.45, 7) is 2.00. The van der Waals surface area contributed by atoms with E-state index in [0.29, 0.717) is 5.75 Å². The van der Waals surface area contributed by atoms with E-state index >= 15 is 0 Å². The lowest BCUT2D eigenvalue weighted by atomic mass is 10.2. The molecule has 1 aliphatic heterocycles. The number of rotatable bonds is 2. The van der Waals surface area contributed by atoms with Gasteiger partial charge in [-0.15, -0.1) is 0 Å². The van der Waals surface area contributed by atoms with Crippen molar-refractivity contribution in [1.29, 1.82) is 0 Å². The summed E-state index contributed by atoms with van der Waals surface area (Å²) in [7, 11) is 0. The molecule has 0 aliphatic carbocycles. The maximum absolute atomic E-state index is 5.04. The van der Waals surface area contributed by atoms with Crippen LogP contribution in [0.5, 0.6) is 5.75 Å². The molecule has 6 nitrogen and oxygen atoms in total. The number of hydrogen-bond acceptors (Lipinski definition) is 6. The molecule has 2 rings (SSSR count). The Bertz CT molecular complexity index is 307. The zero-order valence-corrected chi connectivity index (χ0v) is 8.45. The van der Waals surface area contributed by atoms with Crippen molar-refractivity contribution in [2.45, 2.75) is 19.3 Å². The summed E-state index contributed by atoms with van der Waals surface area (Å²) in [6.07, 6.45) is 0.209. The van der Waals surface area contributed by atoms with Crippen molar-refractivity contribution in [3.63, 3.8) is 0 Å². The predicted octanol–water partition coefficient (Wildman–Crippen LogP) is -0.514. The molecule has 1 aromatic carbocycles. The third-order valence-corrected chi connectivity index (χ3v) is 2.24. The van der Waals surface area contributed by atoms with Gasteiger partial charge in [0.1, 0.15) is 11.9 Å². The van der Waals surface area contributed by atoms with Crippen LogP contribution in [0.1, 0.15) is 18.7 Å². The van der Waals surface area contributed by atoms with Gasteiger partial charge in [0.15, 0.2) is 0 Å². The Morgan fingerprint density at radius 2 is 1.67 bits per heavy atom. The smallest absolute Gasteiger partial charge is 0.146 e. The Morgan fingerprint density at radius 3 is 2.20 bits per heavy atom. The molecular formula is C9H15N5O. The molecule has 1 aromatic rings. The average Bonchev–Trinajstić information content (AvgIpc) is 2.30. The van der Waals surface area contributed by atoms with Crippen molar-refractivity contribution in [1.82, 2.24) is 21.7 Å². The molecule has 82 valence electrons. The van der Waals surface area contributed by atoms with E-state index in [1.54, 1.807) is 0 Å². The minimum Gasteiger partial charge on any atom is -0.412 e. The van der Waals surface area contributed by atoms with E-state index in [0.717, 1.165) is 5.56 Å². The zero-order chi connectivity index (χ0) is 10.7. The summed E-state index contributed by atoms with van der Waals surface area (Å²) >= 11 is 0. The first-order valence-corrected chi connectivity index (χ1v) is 4.78. The topological polar surface area (TPSA) is 83.4 Å². The van der Waals surface area contributed by atoms with Crippen molar-refractivity contribution in [3.8, 4) is 5.75 Å². The average molecular weight is 209 g/mol. The van der Waals surface area contributed by atoms with Crippen molar-refractivity contribution in [2.75, 3.05) is 0 Å². The Morgan fingerprint density at radius 1 is 1.07 bits per heavy atom. The van der Waals surface area contributed by atoms with Gasteiger partial charge >= 0.3 is 0 Å². The fourth-order valence-electron chi connectivity index (χ4n) is 1.39. The van der Waals surface area contributed by atoms with Gasteiger partial charge in [0, 0.05) is 0 Å². The van der Waals surface area contributed by atoms with Crippen molar-refractivity contribution < 1.29 is 4.84 Å². The van der Waals surface area contributed by atoms with Gasteiger partial charge in [-0.2, -0.15) is 5.90 Å². The van der Waals surface area contributed by atoms with Gasteiger partial charge in [0.2, 0.25) is 0 Å². The van der Waals surface area contributed by atoms with Gasteiger partial charge in [0.05, 0.1) is 6.17 Å². The van der Waals surface area contributed by atoms with E-state index in [2.05, 4.69) is 26.5 Å². The number of hydrazine groups is 2. The quantitative estimate of drug-likeness (QED) is 0.422. The van der Waals surface area contributed by atoms with E-state index in [1.165, 1.54) is 0 Å². The third kappa shape index (κ3) is 2.44. The van der Waals surface area contributed by atoms with Gasteiger partial charge in [-0.1, -0.05) is 12.1 Å². The van der Waals surface area contributed by atoms with Crippen LogP contribution in [-0.4, -0.2) is 6.17 Å². The highest BCUT2D eigenvalue weighted by atomic mass is 16.6. The van der Waals surface area contributed by atoms with E-state index in [-0.39, 0.29) is 12.3 Å². The Labute approximate surface area is 88.1 Å². The van der Waals surface area contributed by atoms with Gasteiger partial charge < -0.3 is 4.84 Å². The summed E-state index contributed by atoms with van der Waals surface area (Å²) in [5.41, 5.74) is 13.5. The molecule has 1 aliphatic rings. The molecule has 0 radical (unpaired) electrons. The molecule has 1 saturated heterocycles. The minimum absolute atomic E-state index is 0.0213. The molecule has 0 spiro atoms. The van der Waals surface area contributed by atoms with Crippen LogP contribution in [0.15, 0.2) is 24.3 Å². The second-order valence-electron chi connectivity index (χ2n) is 3.42. The van der Waals surface area contributed by atoms with Crippen molar-refractivity contribution in [3.05, 3.63) is 29.8 Å². The Balaban J connectivity index is 2.03. The summed E-state index contributed by atoms with van der Waals surface area (Å²) in [5, 5.41) is 0. The Kier molecular flexibility index (Phi) is 3.14. The van der Waals surface area contributed by atoms with E-state index in [9.17, 15) is 0 Å². The van der Waals surface area contributed by atoms with Gasteiger partial charge in [-0.05, 0) is 24.6 Å². The van der Waals surface area contributed by atoms with Crippen LogP contribution in [-0.2, 0) is 0 Å². The maximum atomic E-state index is 5.04. The van der Waals surface area contributed by atoms with Crippen LogP contribution in [0, 0.1) is 0 Å². The Hall–Kier alpha value is -1.18. The van der Waals surface area contributed by atoms with Crippen LogP contribution < -0.4 is 32.4 Å². The SMILES string of the molecule is CC1NNC(c2ccc(ON)cc2)NN1. The molecule has 1 heterocycles. The number of benzene rings is 1. The highest BCUT2D eigenvalue weighted by Crippen LogP contribution is 2.15. The highest BCUT2D eigenvalue weighted by molar-refractivity contribution is 5.28. The van der Waals surface area contributed by atoms with E-state index in [1.807, 2.05) is 31.2 Å². The first-order valence-electron chi connectivity index (χ1n) is 4.78. The van der Waals surface area contributed by atoms with Crippen LogP contribution >= 0.6 is 0 Å². The van der Waals surface area contributed by atoms with Crippen LogP contribution in [0.25, 0.3) is 0 Å². The first-order chi connectivity index (χ1) is 7.29. The highest BCUT2D eigenvalue weighted by Gasteiger charge is 2.16. The second-order valence-corrected chi connectivity index (χ2v) is 3.42. The molecule has 0 aromatic heterocycles. The molecule has 6 heteroatoms. The van der Waals surface area contributed by atoms with Crippen molar-refractivity contribution in [2.24, 2.45) is 5.90 Å². The zero-order valence-electron chi connectivity index (χ0n) is 8.45. The lowest BCUT2D eigenvalue weighted by Gasteiger charge is -2.31. The predicted molar refractivity (Wildman–Crippen MR) is 56.0 cm³/mol. The summed E-state index contributed by atoms with van der Waals surface area (Å²) < 4.78 is 0. The normalized spacial score (nSPS) is 26.3. The number of nitrogens with one attached hydrogen (secondary N) is 4. The van der Waals surface area contributed by atoms with Crippen LogP contribution in [0.3, 0.4) is 0 Å². The first kappa shape index (κ1) is 10.3. The largest absolute Gasteiger partial charge is 0.412 e. The molecule has 0 bridgehead atoms. The molecule has 0 unspecified atom stereocenters. The fourth-order valence-corrected chi connectivity index (χ4v) is 1.39. The number of hydrogen-bond donors (Lipinski definition) is 5. The summed E-state index contributed by atoms with van der Waals surface area (Å²) in [6, 6.07) is 7.51. The number of nitrogens with two attached hydrogens (primary N) is 1. The molecule has 0 atom stereocenters. The molecule has 0 saturated carbocycles. The standard InChI is InChI=1S/C9H15N5O/c1-6-11-13-9(14-12-6)7-2-4-8(15-10)5-3-7/h2-6,9,11-14H,10H2,1H3. The molecule has 15 heavy (non-hydrogen) atoms. The molecular weight excluding hydrogens is 194 g/mol. The fraction of sp³-hybridized carbons (Fsp3) is 0.333. The molecule has 6 N–H and O–H groups in total. The lowest BCUT2D eigenvalue weighted by molar-refractivity contribution is 0.203. The van der Waals surface area contributed by atoms with Gasteiger partial charge in [0.25, 0.3) is 0 Å². The van der Waals surface area contributed by atoms with E-state index in [4.69, 9.17) is 5.90 Å². The third-order valence-electron chi connectivity index (χ3n) is 2.24. The minimum atomic E-state index is 0.0213. The maximum Gasteiger partial charge on any atom is 0.146 e. The van der Waals surface area contributed by atoms with E-state index < -0.39 is 0 Å². The van der Waals surface area contributed by atoms with Crippen LogP contribution in [0.2, 0.25) is 0 Å². The molecule has 1 fully saturated rings. The second kappa shape index (κ2) is 4.56. The van der Waals surface area contributed by atoms with Crippen LogP contribution in [0.4, 0.5) is 0 Å². The lowest BCUT2D eigenvalue weighted by Crippen LogP contribution is -2.63. The van der Waals surface area contributed by atoms with Gasteiger partial charge in [-0.3, -0.25) is 0 Å².